The van der Waals surface area contributed by atoms with E-state index in [1.54, 1.807) is 0 Å². The smallest absolute Gasteiger partial charge is 0.309 e. The van der Waals surface area contributed by atoms with Crippen LogP contribution in [0.5, 0.6) is 0 Å². The number of hydrogen-bond donors (Lipinski definition) is 1. The molecule has 0 bridgehead atoms. The number of carbonyl (C=O) groups is 1. The van der Waals surface area contributed by atoms with Crippen LogP contribution in [0.3, 0.4) is 0 Å². The molecular formula is C13H13BrN2O2. The summed E-state index contributed by atoms with van der Waals surface area (Å²) < 4.78 is 2.89. The van der Waals surface area contributed by atoms with Crippen molar-refractivity contribution in [1.29, 1.82) is 0 Å². The highest BCUT2D eigenvalue weighted by Gasteiger charge is 2.14. The molecule has 1 heterocycles. The highest BCUT2D eigenvalue weighted by atomic mass is 79.9. The zero-order chi connectivity index (χ0) is 13.3. The van der Waals surface area contributed by atoms with E-state index in [-0.39, 0.29) is 6.42 Å². The maximum absolute atomic E-state index is 10.8. The first-order chi connectivity index (χ1) is 8.49. The minimum Gasteiger partial charge on any atom is -0.481 e. The predicted molar refractivity (Wildman–Crippen MR) is 72.4 cm³/mol. The molecule has 0 aliphatic heterocycles. The highest BCUT2D eigenvalue weighted by Crippen LogP contribution is 2.24. The Bertz CT molecular complexity index is 605. The second-order valence-electron chi connectivity index (χ2n) is 4.11. The number of halogens is 1. The fourth-order valence-corrected chi connectivity index (χ4v) is 2.23. The molecule has 2 rings (SSSR count). The first-order valence-corrected chi connectivity index (χ1v) is 6.28. The Hall–Kier alpha value is -1.62. The highest BCUT2D eigenvalue weighted by molar-refractivity contribution is 9.10. The van der Waals surface area contributed by atoms with Crippen LogP contribution in [-0.4, -0.2) is 20.6 Å². The van der Waals surface area contributed by atoms with Crippen LogP contribution in [0.1, 0.15) is 11.4 Å². The minimum absolute atomic E-state index is 0.0479. The van der Waals surface area contributed by atoms with E-state index in [4.69, 9.17) is 5.11 Å². The van der Waals surface area contributed by atoms with Crippen molar-refractivity contribution < 1.29 is 9.90 Å². The van der Waals surface area contributed by atoms with Crippen molar-refractivity contribution in [2.45, 2.75) is 13.3 Å². The predicted octanol–water partition coefficient (Wildman–Crippen LogP) is 2.79. The number of benzene rings is 1. The molecule has 0 amide bonds. The Morgan fingerprint density at radius 2 is 2.22 bits per heavy atom. The molecule has 0 fully saturated rings. The van der Waals surface area contributed by atoms with Crippen molar-refractivity contribution in [1.82, 2.24) is 9.55 Å². The van der Waals surface area contributed by atoms with E-state index < -0.39 is 5.97 Å². The summed E-state index contributed by atoms with van der Waals surface area (Å²) in [6.07, 6.45) is -0.0479. The molecule has 0 aliphatic rings. The second kappa shape index (κ2) is 4.94. The minimum atomic E-state index is -0.864. The Labute approximate surface area is 113 Å². The van der Waals surface area contributed by atoms with Crippen molar-refractivity contribution in [3.8, 4) is 11.4 Å². The molecule has 0 spiro atoms. The third-order valence-corrected chi connectivity index (χ3v) is 3.37. The van der Waals surface area contributed by atoms with Gasteiger partial charge in [-0.25, -0.2) is 4.98 Å². The maximum Gasteiger partial charge on any atom is 0.309 e. The molecule has 94 valence electrons. The molecule has 2 aromatic rings. The van der Waals surface area contributed by atoms with E-state index in [1.165, 1.54) is 0 Å². The molecule has 1 aromatic heterocycles. The van der Waals surface area contributed by atoms with Crippen molar-refractivity contribution >= 4 is 21.9 Å². The van der Waals surface area contributed by atoms with E-state index >= 15 is 0 Å². The zero-order valence-corrected chi connectivity index (χ0v) is 11.7. The summed E-state index contributed by atoms with van der Waals surface area (Å²) in [6, 6.07) is 7.79. The van der Waals surface area contributed by atoms with Crippen molar-refractivity contribution in [3.63, 3.8) is 0 Å². The van der Waals surface area contributed by atoms with E-state index in [2.05, 4.69) is 20.9 Å². The molecule has 0 radical (unpaired) electrons. The molecule has 0 saturated heterocycles. The van der Waals surface area contributed by atoms with E-state index in [0.717, 1.165) is 21.6 Å². The first kappa shape index (κ1) is 12.8. The summed E-state index contributed by atoms with van der Waals surface area (Å²) >= 11 is 3.42. The van der Waals surface area contributed by atoms with Crippen molar-refractivity contribution in [3.05, 3.63) is 40.1 Å². The number of carboxylic acid groups (broad SMARTS) is 1. The molecule has 4 nitrogen and oxygen atoms in total. The van der Waals surface area contributed by atoms with Crippen LogP contribution in [-0.2, 0) is 18.3 Å². The van der Waals surface area contributed by atoms with Crippen LogP contribution in [0.4, 0.5) is 0 Å². The van der Waals surface area contributed by atoms with Crippen LogP contribution in [0.15, 0.2) is 28.7 Å². The first-order valence-electron chi connectivity index (χ1n) is 5.49. The molecule has 18 heavy (non-hydrogen) atoms. The average molecular weight is 309 g/mol. The Morgan fingerprint density at radius 3 is 2.83 bits per heavy atom. The largest absolute Gasteiger partial charge is 0.481 e. The molecule has 0 atom stereocenters. The van der Waals surface area contributed by atoms with Crippen LogP contribution in [0.2, 0.25) is 0 Å². The summed E-state index contributed by atoms with van der Waals surface area (Å²) in [5.74, 6) is -0.0814. The summed E-state index contributed by atoms with van der Waals surface area (Å²) in [5.41, 5.74) is 2.46. The fourth-order valence-electron chi connectivity index (χ4n) is 1.83. The number of nitrogens with zero attached hydrogens (tertiary/aromatic N) is 2. The Kier molecular flexibility index (Phi) is 3.52. The van der Waals surface area contributed by atoms with E-state index in [9.17, 15) is 4.79 Å². The molecule has 1 aromatic carbocycles. The zero-order valence-electron chi connectivity index (χ0n) is 10.1. The van der Waals surface area contributed by atoms with Gasteiger partial charge in [0, 0.05) is 22.8 Å². The number of rotatable bonds is 3. The number of hydrogen-bond acceptors (Lipinski definition) is 2. The summed E-state index contributed by atoms with van der Waals surface area (Å²) in [5, 5.41) is 8.85. The van der Waals surface area contributed by atoms with Gasteiger partial charge in [-0.05, 0) is 19.1 Å². The standard InChI is InChI=1S/C13H13BrN2O2/c1-8-11(7-12(17)18)15-13(16(8)2)9-4-3-5-10(14)6-9/h3-6H,7H2,1-2H3,(H,17,18). The van der Waals surface area contributed by atoms with Gasteiger partial charge in [-0.1, -0.05) is 28.1 Å². The number of aliphatic carboxylic acids is 1. The number of carboxylic acids is 1. The van der Waals surface area contributed by atoms with Gasteiger partial charge in [-0.15, -0.1) is 0 Å². The van der Waals surface area contributed by atoms with Gasteiger partial charge in [0.1, 0.15) is 5.82 Å². The van der Waals surface area contributed by atoms with Gasteiger partial charge < -0.3 is 9.67 Å². The third-order valence-electron chi connectivity index (χ3n) is 2.88. The summed E-state index contributed by atoms with van der Waals surface area (Å²) in [4.78, 5) is 15.2. The molecular weight excluding hydrogens is 296 g/mol. The van der Waals surface area contributed by atoms with Crippen LogP contribution >= 0.6 is 15.9 Å². The molecule has 0 saturated carbocycles. The molecule has 0 aliphatic carbocycles. The summed E-state index contributed by atoms with van der Waals surface area (Å²) in [6.45, 7) is 1.88. The van der Waals surface area contributed by atoms with E-state index in [0.29, 0.717) is 5.69 Å². The van der Waals surface area contributed by atoms with Crippen molar-refractivity contribution in [2.75, 3.05) is 0 Å². The molecule has 5 heteroatoms. The third kappa shape index (κ3) is 2.46. The fraction of sp³-hybridized carbons (Fsp3) is 0.231. The number of imidazole rings is 1. The lowest BCUT2D eigenvalue weighted by atomic mass is 10.2. The number of aromatic nitrogens is 2. The van der Waals surface area contributed by atoms with Crippen molar-refractivity contribution in [2.24, 2.45) is 7.05 Å². The Balaban J connectivity index is 2.49. The quantitative estimate of drug-likeness (QED) is 0.948. The van der Waals surface area contributed by atoms with Gasteiger partial charge in [0.15, 0.2) is 0 Å². The summed E-state index contributed by atoms with van der Waals surface area (Å²) in [7, 11) is 1.89. The maximum atomic E-state index is 10.8. The molecule has 0 unspecified atom stereocenters. The lowest BCUT2D eigenvalue weighted by molar-refractivity contribution is -0.136. The normalized spacial score (nSPS) is 10.6. The van der Waals surface area contributed by atoms with Gasteiger partial charge in [0.2, 0.25) is 0 Å². The average Bonchev–Trinajstić information content (AvgIpc) is 2.57. The van der Waals surface area contributed by atoms with Crippen LogP contribution in [0.25, 0.3) is 11.4 Å². The van der Waals surface area contributed by atoms with Crippen LogP contribution < -0.4 is 0 Å². The monoisotopic (exact) mass is 308 g/mol. The Morgan fingerprint density at radius 1 is 1.50 bits per heavy atom. The lowest BCUT2D eigenvalue weighted by Gasteiger charge is -2.03. The molecule has 1 N–H and O–H groups in total. The SMILES string of the molecule is Cc1c(CC(=O)O)nc(-c2cccc(Br)c2)n1C. The van der Waals surface area contributed by atoms with Gasteiger partial charge in [-0.3, -0.25) is 4.79 Å². The second-order valence-corrected chi connectivity index (χ2v) is 5.02. The topological polar surface area (TPSA) is 55.1 Å². The lowest BCUT2D eigenvalue weighted by Crippen LogP contribution is -2.02. The van der Waals surface area contributed by atoms with E-state index in [1.807, 2.05) is 42.8 Å². The van der Waals surface area contributed by atoms with Gasteiger partial charge >= 0.3 is 5.97 Å². The van der Waals surface area contributed by atoms with Gasteiger partial charge in [-0.2, -0.15) is 0 Å². The van der Waals surface area contributed by atoms with Gasteiger partial charge in [0.05, 0.1) is 12.1 Å². The van der Waals surface area contributed by atoms with Gasteiger partial charge in [0.25, 0.3) is 0 Å². The van der Waals surface area contributed by atoms with Crippen LogP contribution in [0, 0.1) is 6.92 Å².